The minimum absolute atomic E-state index is 0.0724. The number of methoxy groups -OCH3 is 2. The first kappa shape index (κ1) is 29.1. The van der Waals surface area contributed by atoms with Crippen molar-refractivity contribution in [3.63, 3.8) is 0 Å². The van der Waals surface area contributed by atoms with Gasteiger partial charge in [-0.15, -0.1) is 0 Å². The van der Waals surface area contributed by atoms with Gasteiger partial charge in [-0.05, 0) is 23.8 Å². The number of ether oxygens (including phenoxy) is 3. The third kappa shape index (κ3) is 5.97. The molecule has 9 nitrogen and oxygen atoms in total. The Morgan fingerprint density at radius 3 is 2.26 bits per heavy atom. The number of para-hydroxylation sites is 1. The molecular formula is C34H30O9. The first-order valence-corrected chi connectivity index (χ1v) is 13.5. The predicted octanol–water partition coefficient (Wildman–Crippen LogP) is 5.90. The number of benzene rings is 4. The zero-order chi connectivity index (χ0) is 30.5. The second-order valence-corrected chi connectivity index (χ2v) is 9.82. The molecule has 0 unspecified atom stereocenters. The third-order valence-corrected chi connectivity index (χ3v) is 7.24. The Bertz CT molecular complexity index is 1810. The lowest BCUT2D eigenvalue weighted by Crippen LogP contribution is -2.14. The van der Waals surface area contributed by atoms with Gasteiger partial charge in [-0.2, -0.15) is 0 Å². The van der Waals surface area contributed by atoms with E-state index >= 15 is 0 Å². The molecule has 0 aliphatic rings. The molecule has 43 heavy (non-hydrogen) atoms. The van der Waals surface area contributed by atoms with Crippen LogP contribution in [0.1, 0.15) is 29.0 Å². The molecule has 0 saturated heterocycles. The highest BCUT2D eigenvalue weighted by Crippen LogP contribution is 2.50. The van der Waals surface area contributed by atoms with E-state index in [1.807, 2.05) is 30.3 Å². The van der Waals surface area contributed by atoms with Crippen LogP contribution in [0.2, 0.25) is 0 Å². The number of aromatic hydroxyl groups is 3. The maximum atomic E-state index is 13.3. The van der Waals surface area contributed by atoms with Gasteiger partial charge < -0.3 is 33.9 Å². The lowest BCUT2D eigenvalue weighted by molar-refractivity contribution is -0.140. The molecule has 1 atom stereocenters. The van der Waals surface area contributed by atoms with Crippen molar-refractivity contribution in [2.45, 2.75) is 18.8 Å². The van der Waals surface area contributed by atoms with E-state index in [0.29, 0.717) is 23.3 Å². The number of carbonyl (C=O) groups excluding carboxylic acids is 1. The summed E-state index contributed by atoms with van der Waals surface area (Å²) in [5.74, 6) is -2.78. The maximum absolute atomic E-state index is 13.3. The van der Waals surface area contributed by atoms with Crippen molar-refractivity contribution in [1.29, 1.82) is 0 Å². The van der Waals surface area contributed by atoms with Crippen molar-refractivity contribution in [2.24, 2.45) is 0 Å². The van der Waals surface area contributed by atoms with E-state index in [9.17, 15) is 24.9 Å². The molecule has 0 saturated carbocycles. The summed E-state index contributed by atoms with van der Waals surface area (Å²) in [6, 6.07) is 24.5. The van der Waals surface area contributed by atoms with Gasteiger partial charge >= 0.3 is 5.97 Å². The van der Waals surface area contributed by atoms with Gasteiger partial charge in [0.05, 0.1) is 27.2 Å². The lowest BCUT2D eigenvalue weighted by atomic mass is 9.85. The Labute approximate surface area is 247 Å². The number of fused-ring (bicyclic) bond motifs is 1. The molecule has 3 N–H and O–H groups in total. The second-order valence-electron chi connectivity index (χ2n) is 9.82. The van der Waals surface area contributed by atoms with E-state index in [4.69, 9.17) is 18.6 Å². The van der Waals surface area contributed by atoms with Crippen LogP contribution in [-0.2, 0) is 16.0 Å². The molecule has 0 aliphatic carbocycles. The van der Waals surface area contributed by atoms with E-state index in [2.05, 4.69) is 0 Å². The molecule has 5 aromatic rings. The fraction of sp³-hybridized carbons (Fsp3) is 0.176. The number of phenolic OH excluding ortho intramolecular Hbond substituents is 3. The summed E-state index contributed by atoms with van der Waals surface area (Å²) in [5.41, 5.74) is 1.17. The molecule has 9 heteroatoms. The number of carbonyl (C=O) groups is 1. The van der Waals surface area contributed by atoms with Crippen molar-refractivity contribution in [3.8, 4) is 40.1 Å². The monoisotopic (exact) mass is 582 g/mol. The van der Waals surface area contributed by atoms with Gasteiger partial charge in [-0.25, -0.2) is 0 Å². The Morgan fingerprint density at radius 1 is 0.860 bits per heavy atom. The summed E-state index contributed by atoms with van der Waals surface area (Å²) >= 11 is 0. The second kappa shape index (κ2) is 12.6. The largest absolute Gasteiger partial charge is 0.504 e. The van der Waals surface area contributed by atoms with Crippen LogP contribution in [0.5, 0.6) is 28.7 Å². The fourth-order valence-electron chi connectivity index (χ4n) is 5.03. The van der Waals surface area contributed by atoms with E-state index in [1.165, 1.54) is 13.2 Å². The van der Waals surface area contributed by atoms with Crippen LogP contribution in [0.4, 0.5) is 0 Å². The highest BCUT2D eigenvalue weighted by Gasteiger charge is 2.32. The molecule has 0 fully saturated rings. The molecule has 0 bridgehead atoms. The van der Waals surface area contributed by atoms with Crippen molar-refractivity contribution < 1.29 is 38.7 Å². The number of hydrogen-bond donors (Lipinski definition) is 3. The highest BCUT2D eigenvalue weighted by atomic mass is 16.5. The lowest BCUT2D eigenvalue weighted by Gasteiger charge is -2.23. The van der Waals surface area contributed by atoms with E-state index in [0.717, 1.165) is 11.3 Å². The molecule has 0 aliphatic heterocycles. The van der Waals surface area contributed by atoms with Crippen LogP contribution in [-0.4, -0.2) is 42.1 Å². The van der Waals surface area contributed by atoms with Crippen molar-refractivity contribution in [2.75, 3.05) is 20.8 Å². The SMILES string of the molecule is COC(=O)C[C@H](c1ccccc1OCCc1ccc(OC)cc1)c1c(O)c(O)c(O)c2c(=O)cc(-c3ccccc3)oc12. The van der Waals surface area contributed by atoms with E-state index < -0.39 is 34.6 Å². The molecular weight excluding hydrogens is 552 g/mol. The van der Waals surface area contributed by atoms with Gasteiger partial charge in [-0.1, -0.05) is 60.7 Å². The number of phenols is 3. The maximum Gasteiger partial charge on any atom is 0.306 e. The summed E-state index contributed by atoms with van der Waals surface area (Å²) in [4.78, 5) is 26.0. The topological polar surface area (TPSA) is 136 Å². The van der Waals surface area contributed by atoms with Gasteiger partial charge in [-0.3, -0.25) is 9.59 Å². The number of esters is 1. The quantitative estimate of drug-likeness (QED) is 0.136. The van der Waals surface area contributed by atoms with E-state index in [-0.39, 0.29) is 35.3 Å². The molecule has 5 rings (SSSR count). The van der Waals surface area contributed by atoms with Crippen molar-refractivity contribution in [1.82, 2.24) is 0 Å². The highest BCUT2D eigenvalue weighted by molar-refractivity contribution is 5.94. The minimum atomic E-state index is -1.01. The molecule has 220 valence electrons. The molecule has 1 aromatic heterocycles. The van der Waals surface area contributed by atoms with Gasteiger partial charge in [0, 0.05) is 35.1 Å². The molecule has 0 amide bonds. The number of rotatable bonds is 10. The Balaban J connectivity index is 1.64. The van der Waals surface area contributed by atoms with Gasteiger partial charge in [0.25, 0.3) is 0 Å². The first-order valence-electron chi connectivity index (χ1n) is 13.5. The van der Waals surface area contributed by atoms with Gasteiger partial charge in [0.15, 0.2) is 16.9 Å². The van der Waals surface area contributed by atoms with Gasteiger partial charge in [0.1, 0.15) is 28.2 Å². The average Bonchev–Trinajstić information content (AvgIpc) is 3.04. The Hall–Kier alpha value is -5.44. The van der Waals surface area contributed by atoms with Crippen molar-refractivity contribution >= 4 is 16.9 Å². The Kier molecular flexibility index (Phi) is 8.52. The van der Waals surface area contributed by atoms with Crippen LogP contribution in [0.15, 0.2) is 94.1 Å². The summed E-state index contributed by atoms with van der Waals surface area (Å²) in [5, 5.41) is 32.3. The normalized spacial score (nSPS) is 11.7. The minimum Gasteiger partial charge on any atom is -0.504 e. The fourth-order valence-corrected chi connectivity index (χ4v) is 5.03. The Morgan fingerprint density at radius 2 is 1.56 bits per heavy atom. The summed E-state index contributed by atoms with van der Waals surface area (Å²) in [7, 11) is 2.83. The van der Waals surface area contributed by atoms with E-state index in [1.54, 1.807) is 55.6 Å². The molecule has 0 radical (unpaired) electrons. The van der Waals surface area contributed by atoms with Crippen LogP contribution in [0, 0.1) is 0 Å². The first-order chi connectivity index (χ1) is 20.8. The summed E-state index contributed by atoms with van der Waals surface area (Å²) < 4.78 is 22.5. The zero-order valence-corrected chi connectivity index (χ0v) is 23.6. The molecule has 1 heterocycles. The average molecular weight is 583 g/mol. The van der Waals surface area contributed by atoms with Gasteiger partial charge in [0.2, 0.25) is 5.75 Å². The smallest absolute Gasteiger partial charge is 0.306 e. The molecule has 4 aromatic carbocycles. The third-order valence-electron chi connectivity index (χ3n) is 7.24. The van der Waals surface area contributed by atoms with Crippen LogP contribution >= 0.6 is 0 Å². The van der Waals surface area contributed by atoms with Crippen LogP contribution in [0.25, 0.3) is 22.3 Å². The summed E-state index contributed by atoms with van der Waals surface area (Å²) in [6.07, 6.45) is 0.269. The molecule has 0 spiro atoms. The van der Waals surface area contributed by atoms with Crippen LogP contribution < -0.4 is 14.9 Å². The zero-order valence-electron chi connectivity index (χ0n) is 23.6. The standard InChI is InChI=1S/C34H30O9/c1-40-22-14-12-20(13-15-22)16-17-42-26-11-7-6-10-23(26)24(18-28(36)41-2)29-31(37)33(39)32(38)30-25(35)19-27(43-34(29)30)21-8-4-3-5-9-21/h3-15,19,24,37-39H,16-18H2,1-2H3/t24-/m1/s1. The summed E-state index contributed by atoms with van der Waals surface area (Å²) in [6.45, 7) is 0.287. The number of hydrogen-bond acceptors (Lipinski definition) is 9. The predicted molar refractivity (Wildman–Crippen MR) is 160 cm³/mol. The van der Waals surface area contributed by atoms with Crippen LogP contribution in [0.3, 0.4) is 0 Å². The van der Waals surface area contributed by atoms with Crippen molar-refractivity contribution in [3.05, 3.63) is 112 Å².